The molecule has 1 N–H and O–H groups in total. The van der Waals surface area contributed by atoms with Crippen molar-refractivity contribution in [2.75, 3.05) is 7.11 Å². The van der Waals surface area contributed by atoms with Crippen LogP contribution in [-0.2, 0) is 10.9 Å². The third kappa shape index (κ3) is 4.91. The largest absolute Gasteiger partial charge is 0.474 e. The first kappa shape index (κ1) is 26.5. The molecule has 3 heterocycles. The molecule has 39 heavy (non-hydrogen) atoms. The van der Waals surface area contributed by atoms with Crippen molar-refractivity contribution >= 4 is 10.9 Å². The van der Waals surface area contributed by atoms with Crippen LogP contribution < -0.4 is 14.9 Å². The molecule has 0 aliphatic heterocycles. The molecule has 0 spiro atoms. The zero-order valence-electron chi connectivity index (χ0n) is 21.0. The number of pyridine rings is 3. The van der Waals surface area contributed by atoms with Crippen LogP contribution in [0.4, 0.5) is 22.0 Å². The van der Waals surface area contributed by atoms with Crippen LogP contribution in [0.15, 0.2) is 41.5 Å². The minimum atomic E-state index is -4.76. The minimum absolute atomic E-state index is 0.0286. The summed E-state index contributed by atoms with van der Waals surface area (Å²) in [7, 11) is 1.60. The molecule has 0 amide bonds. The minimum Gasteiger partial charge on any atom is -0.474 e. The number of methoxy groups -OCH3 is 1. The number of hydrogen-bond donors (Lipinski definition) is 1. The van der Waals surface area contributed by atoms with Crippen LogP contribution in [0.1, 0.15) is 29.5 Å². The average Bonchev–Trinajstić information content (AvgIpc) is 2.85. The van der Waals surface area contributed by atoms with Gasteiger partial charge in [-0.2, -0.15) is 13.2 Å². The predicted octanol–water partition coefficient (Wildman–Crippen LogP) is 6.25. The Hall–Kier alpha value is -4.06. The number of aromatic nitrogens is 3. The Bertz CT molecular complexity index is 1630. The summed E-state index contributed by atoms with van der Waals surface area (Å²) >= 11 is 0. The van der Waals surface area contributed by atoms with E-state index in [-0.39, 0.29) is 63.0 Å². The monoisotopic (exact) mass is 547 g/mol. The molecule has 5 rings (SSSR count). The molecule has 1 aliphatic rings. The number of nitrogens with zero attached hydrogens (tertiary/aromatic N) is 2. The molecule has 1 saturated carbocycles. The molecule has 7 nitrogen and oxygen atoms in total. The van der Waals surface area contributed by atoms with Crippen molar-refractivity contribution in [3.05, 3.63) is 75.2 Å². The smallest absolute Gasteiger partial charge is 0.418 e. The van der Waals surface area contributed by atoms with Gasteiger partial charge in [0.05, 0.1) is 28.4 Å². The molecule has 1 aliphatic carbocycles. The normalized spacial score (nSPS) is 17.2. The molecule has 4 aromatic rings. The summed E-state index contributed by atoms with van der Waals surface area (Å²) in [6.07, 6.45) is -1.64. The zero-order chi connectivity index (χ0) is 28.1. The summed E-state index contributed by atoms with van der Waals surface area (Å²) in [4.78, 5) is 24.2. The lowest BCUT2D eigenvalue weighted by molar-refractivity contribution is -0.138. The lowest BCUT2D eigenvalue weighted by Gasteiger charge is -2.33. The second kappa shape index (κ2) is 9.92. The number of H-pyrrole nitrogens is 1. The highest BCUT2D eigenvalue weighted by molar-refractivity contribution is 5.86. The van der Waals surface area contributed by atoms with Crippen molar-refractivity contribution in [1.82, 2.24) is 15.0 Å². The number of nitrogens with one attached hydrogen (secondary N) is 1. The van der Waals surface area contributed by atoms with E-state index < -0.39 is 28.8 Å². The average molecular weight is 547 g/mol. The lowest BCUT2D eigenvalue weighted by atomic mass is 9.92. The molecule has 0 saturated heterocycles. The Morgan fingerprint density at radius 1 is 1.00 bits per heavy atom. The number of ether oxygens (including phenoxy) is 3. The van der Waals surface area contributed by atoms with Gasteiger partial charge in [-0.15, -0.1) is 0 Å². The topological polar surface area (TPSA) is 86.3 Å². The maximum atomic E-state index is 14.1. The second-order valence-corrected chi connectivity index (χ2v) is 9.22. The molecule has 0 bridgehead atoms. The highest BCUT2D eigenvalue weighted by Gasteiger charge is 2.36. The molecule has 0 unspecified atom stereocenters. The van der Waals surface area contributed by atoms with Gasteiger partial charge in [-0.05, 0) is 37.6 Å². The third-order valence-corrected chi connectivity index (χ3v) is 6.75. The number of rotatable bonds is 6. The Kier molecular flexibility index (Phi) is 6.75. The van der Waals surface area contributed by atoms with Gasteiger partial charge in [-0.3, -0.25) is 4.79 Å². The standard InChI is InChI=1S/C27H22F5N3O4/c1-12-16(27(30,31)32)11-34-25(39-21-5-4-17(28)24(29)13(21)2)22(12)19-10-20(36)23-18(35-19)6-7-33-26(23)38-15-8-14(9-15)37-3/h4-7,10-11,14-15H,8-9H2,1-3H3,(H,35,36)/t14-,15-. The van der Waals surface area contributed by atoms with E-state index in [1.807, 2.05) is 0 Å². The van der Waals surface area contributed by atoms with E-state index >= 15 is 0 Å². The van der Waals surface area contributed by atoms with Gasteiger partial charge in [-0.25, -0.2) is 18.7 Å². The number of alkyl halides is 3. The summed E-state index contributed by atoms with van der Waals surface area (Å²) in [5.41, 5.74) is -2.04. The van der Waals surface area contributed by atoms with Crippen molar-refractivity contribution in [2.45, 2.75) is 45.1 Å². The molecule has 204 valence electrons. The Morgan fingerprint density at radius 3 is 2.44 bits per heavy atom. The Morgan fingerprint density at radius 2 is 1.74 bits per heavy atom. The molecular weight excluding hydrogens is 525 g/mol. The van der Waals surface area contributed by atoms with Crippen molar-refractivity contribution in [1.29, 1.82) is 0 Å². The highest BCUT2D eigenvalue weighted by Crippen LogP contribution is 2.41. The Labute approximate surface area is 218 Å². The van der Waals surface area contributed by atoms with Gasteiger partial charge in [0.15, 0.2) is 17.1 Å². The fraction of sp³-hybridized carbons (Fsp3) is 0.296. The van der Waals surface area contributed by atoms with E-state index in [1.54, 1.807) is 7.11 Å². The van der Waals surface area contributed by atoms with Gasteiger partial charge in [-0.1, -0.05) is 0 Å². The maximum absolute atomic E-state index is 14.1. The van der Waals surface area contributed by atoms with Crippen LogP contribution in [-0.4, -0.2) is 34.3 Å². The summed E-state index contributed by atoms with van der Waals surface area (Å²) in [6, 6.07) is 4.56. The fourth-order valence-electron chi connectivity index (χ4n) is 4.47. The van der Waals surface area contributed by atoms with Gasteiger partial charge in [0.2, 0.25) is 11.8 Å². The summed E-state index contributed by atoms with van der Waals surface area (Å²) in [5.74, 6) is -2.68. The molecule has 0 atom stereocenters. The van der Waals surface area contributed by atoms with Gasteiger partial charge in [0, 0.05) is 44.0 Å². The molecule has 1 aromatic carbocycles. The van der Waals surface area contributed by atoms with Crippen LogP contribution in [0.3, 0.4) is 0 Å². The van der Waals surface area contributed by atoms with E-state index in [0.29, 0.717) is 19.0 Å². The van der Waals surface area contributed by atoms with Gasteiger partial charge >= 0.3 is 6.18 Å². The first-order chi connectivity index (χ1) is 18.5. The molecule has 12 heteroatoms. The van der Waals surface area contributed by atoms with Crippen LogP contribution in [0, 0.1) is 25.5 Å². The first-order valence-corrected chi connectivity index (χ1v) is 11.9. The summed E-state index contributed by atoms with van der Waals surface area (Å²) in [6.45, 7) is 2.46. The first-order valence-electron chi connectivity index (χ1n) is 11.9. The SMILES string of the molecule is CO[C@H]1C[C@H](Oc2nccc3[nH]c(-c4c(Oc5ccc(F)c(F)c5C)ncc(C(F)(F)F)c4C)cc(=O)c23)C1. The second-order valence-electron chi connectivity index (χ2n) is 9.22. The van der Waals surface area contributed by atoms with Crippen molar-refractivity contribution in [2.24, 2.45) is 0 Å². The highest BCUT2D eigenvalue weighted by atomic mass is 19.4. The van der Waals surface area contributed by atoms with Crippen LogP contribution in [0.2, 0.25) is 0 Å². The predicted molar refractivity (Wildman–Crippen MR) is 131 cm³/mol. The molecule has 3 aromatic heterocycles. The number of hydrogen-bond acceptors (Lipinski definition) is 6. The van der Waals surface area contributed by atoms with Gasteiger partial charge < -0.3 is 19.2 Å². The number of halogens is 5. The summed E-state index contributed by atoms with van der Waals surface area (Å²) in [5, 5.41) is 0.124. The molecular formula is C27H22F5N3O4. The summed E-state index contributed by atoms with van der Waals surface area (Å²) < 4.78 is 86.0. The van der Waals surface area contributed by atoms with Crippen molar-refractivity contribution in [3.63, 3.8) is 0 Å². The number of aromatic amines is 1. The van der Waals surface area contributed by atoms with E-state index in [9.17, 15) is 26.7 Å². The number of fused-ring (bicyclic) bond motifs is 1. The third-order valence-electron chi connectivity index (χ3n) is 6.75. The maximum Gasteiger partial charge on any atom is 0.418 e. The van der Waals surface area contributed by atoms with Crippen LogP contribution in [0.25, 0.3) is 22.2 Å². The zero-order valence-corrected chi connectivity index (χ0v) is 21.0. The molecule has 0 radical (unpaired) electrons. The Balaban J connectivity index is 1.64. The van der Waals surface area contributed by atoms with E-state index in [0.717, 1.165) is 18.2 Å². The van der Waals surface area contributed by atoms with Gasteiger partial charge in [0.1, 0.15) is 17.2 Å². The van der Waals surface area contributed by atoms with E-state index in [1.165, 1.54) is 26.1 Å². The number of benzene rings is 1. The van der Waals surface area contributed by atoms with Crippen LogP contribution >= 0.6 is 0 Å². The van der Waals surface area contributed by atoms with Crippen LogP contribution in [0.5, 0.6) is 17.5 Å². The van der Waals surface area contributed by atoms with E-state index in [4.69, 9.17) is 14.2 Å². The molecule has 1 fully saturated rings. The van der Waals surface area contributed by atoms with Gasteiger partial charge in [0.25, 0.3) is 0 Å². The van der Waals surface area contributed by atoms with Crippen molar-refractivity contribution < 1.29 is 36.2 Å². The van der Waals surface area contributed by atoms with Crippen molar-refractivity contribution in [3.8, 4) is 28.8 Å². The fourth-order valence-corrected chi connectivity index (χ4v) is 4.47. The quantitative estimate of drug-likeness (QED) is 0.288. The van der Waals surface area contributed by atoms with E-state index in [2.05, 4.69) is 15.0 Å². The lowest BCUT2D eigenvalue weighted by Crippen LogP contribution is -2.39.